The lowest BCUT2D eigenvalue weighted by molar-refractivity contribution is 0.319. The van der Waals surface area contributed by atoms with Crippen molar-refractivity contribution in [2.24, 2.45) is 17.6 Å². The standard InChI is InChI=1S/C11H22N2/c1-13-7-2-3-9(6-8-13)11(12)10-4-5-10/h9-11H,2-8,12H2,1H3. The third-order valence-corrected chi connectivity index (χ3v) is 3.71. The van der Waals surface area contributed by atoms with Crippen LogP contribution in [0.2, 0.25) is 0 Å². The van der Waals surface area contributed by atoms with E-state index in [2.05, 4.69) is 11.9 Å². The minimum atomic E-state index is 0.520. The number of rotatable bonds is 2. The van der Waals surface area contributed by atoms with Gasteiger partial charge in [0.2, 0.25) is 0 Å². The molecule has 2 heteroatoms. The Balaban J connectivity index is 1.83. The summed E-state index contributed by atoms with van der Waals surface area (Å²) in [6, 6.07) is 0.520. The van der Waals surface area contributed by atoms with E-state index < -0.39 is 0 Å². The molecule has 0 aromatic carbocycles. The smallest absolute Gasteiger partial charge is 0.00961 e. The lowest BCUT2D eigenvalue weighted by Crippen LogP contribution is -2.32. The Hall–Kier alpha value is -0.0800. The molecule has 0 radical (unpaired) electrons. The zero-order valence-corrected chi connectivity index (χ0v) is 8.71. The number of nitrogens with zero attached hydrogens (tertiary/aromatic N) is 1. The van der Waals surface area contributed by atoms with Crippen LogP contribution < -0.4 is 5.73 Å². The Morgan fingerprint density at radius 3 is 2.46 bits per heavy atom. The van der Waals surface area contributed by atoms with Gasteiger partial charge in [0.05, 0.1) is 0 Å². The van der Waals surface area contributed by atoms with Gasteiger partial charge in [-0.2, -0.15) is 0 Å². The van der Waals surface area contributed by atoms with Crippen molar-refractivity contribution in [2.45, 2.75) is 38.1 Å². The number of hydrogen-bond acceptors (Lipinski definition) is 2. The Bertz CT molecular complexity index is 165. The monoisotopic (exact) mass is 182 g/mol. The van der Waals surface area contributed by atoms with E-state index in [1.165, 1.54) is 45.2 Å². The maximum Gasteiger partial charge on any atom is 0.00961 e. The van der Waals surface area contributed by atoms with Gasteiger partial charge >= 0.3 is 0 Å². The summed E-state index contributed by atoms with van der Waals surface area (Å²) >= 11 is 0. The molecule has 2 aliphatic rings. The highest BCUT2D eigenvalue weighted by molar-refractivity contribution is 4.89. The summed E-state index contributed by atoms with van der Waals surface area (Å²) in [5.41, 5.74) is 6.25. The molecule has 1 aliphatic heterocycles. The molecule has 2 unspecified atom stereocenters. The van der Waals surface area contributed by atoms with Crippen LogP contribution in [0, 0.1) is 11.8 Å². The Labute approximate surface area is 81.5 Å². The fourth-order valence-corrected chi connectivity index (χ4v) is 2.52. The second-order valence-corrected chi connectivity index (χ2v) is 4.91. The molecule has 76 valence electrons. The third-order valence-electron chi connectivity index (χ3n) is 3.71. The average molecular weight is 182 g/mol. The van der Waals surface area contributed by atoms with Gasteiger partial charge < -0.3 is 10.6 Å². The van der Waals surface area contributed by atoms with Crippen LogP contribution in [-0.2, 0) is 0 Å². The van der Waals surface area contributed by atoms with Crippen molar-refractivity contribution >= 4 is 0 Å². The molecule has 0 aromatic rings. The van der Waals surface area contributed by atoms with E-state index >= 15 is 0 Å². The minimum absolute atomic E-state index is 0.520. The van der Waals surface area contributed by atoms with Crippen molar-refractivity contribution in [3.63, 3.8) is 0 Å². The molecule has 0 bridgehead atoms. The molecule has 2 fully saturated rings. The summed E-state index contributed by atoms with van der Waals surface area (Å²) in [5.74, 6) is 1.70. The molecular weight excluding hydrogens is 160 g/mol. The second-order valence-electron chi connectivity index (χ2n) is 4.91. The van der Waals surface area contributed by atoms with E-state index in [-0.39, 0.29) is 0 Å². The quantitative estimate of drug-likeness (QED) is 0.700. The Morgan fingerprint density at radius 1 is 1.08 bits per heavy atom. The molecule has 2 N–H and O–H groups in total. The molecule has 1 aliphatic carbocycles. The SMILES string of the molecule is CN1CCCC(C(N)C2CC2)CC1. The molecular formula is C11H22N2. The van der Waals surface area contributed by atoms with Crippen molar-refractivity contribution in [2.75, 3.05) is 20.1 Å². The van der Waals surface area contributed by atoms with E-state index in [9.17, 15) is 0 Å². The fraction of sp³-hybridized carbons (Fsp3) is 1.00. The Morgan fingerprint density at radius 2 is 1.77 bits per heavy atom. The predicted molar refractivity (Wildman–Crippen MR) is 55.5 cm³/mol. The lowest BCUT2D eigenvalue weighted by atomic mass is 9.90. The first-order valence-corrected chi connectivity index (χ1v) is 5.71. The molecule has 2 rings (SSSR count). The maximum absolute atomic E-state index is 6.25. The lowest BCUT2D eigenvalue weighted by Gasteiger charge is -2.21. The van der Waals surface area contributed by atoms with Gasteiger partial charge in [-0.05, 0) is 64.1 Å². The van der Waals surface area contributed by atoms with Gasteiger partial charge in [-0.15, -0.1) is 0 Å². The molecule has 0 aromatic heterocycles. The normalized spacial score (nSPS) is 34.2. The second kappa shape index (κ2) is 3.97. The number of hydrogen-bond donors (Lipinski definition) is 1. The first-order chi connectivity index (χ1) is 6.27. The first-order valence-electron chi connectivity index (χ1n) is 5.71. The van der Waals surface area contributed by atoms with Crippen LogP contribution in [0.4, 0.5) is 0 Å². The van der Waals surface area contributed by atoms with Crippen molar-refractivity contribution in [1.29, 1.82) is 0 Å². The van der Waals surface area contributed by atoms with Crippen LogP contribution >= 0.6 is 0 Å². The van der Waals surface area contributed by atoms with E-state index in [0.29, 0.717) is 6.04 Å². The van der Waals surface area contributed by atoms with Gasteiger partial charge in [0.1, 0.15) is 0 Å². The van der Waals surface area contributed by atoms with E-state index in [1.54, 1.807) is 0 Å². The zero-order chi connectivity index (χ0) is 9.26. The van der Waals surface area contributed by atoms with Crippen LogP contribution in [0.15, 0.2) is 0 Å². The van der Waals surface area contributed by atoms with E-state index in [1.807, 2.05) is 0 Å². The molecule has 1 heterocycles. The van der Waals surface area contributed by atoms with Crippen molar-refractivity contribution in [3.05, 3.63) is 0 Å². The molecule has 2 nitrogen and oxygen atoms in total. The minimum Gasteiger partial charge on any atom is -0.327 e. The van der Waals surface area contributed by atoms with E-state index in [4.69, 9.17) is 5.73 Å². The van der Waals surface area contributed by atoms with Crippen LogP contribution in [0.1, 0.15) is 32.1 Å². The topological polar surface area (TPSA) is 29.3 Å². The average Bonchev–Trinajstić information content (AvgIpc) is 2.89. The Kier molecular flexibility index (Phi) is 2.89. The van der Waals surface area contributed by atoms with Gasteiger partial charge in [0.15, 0.2) is 0 Å². The molecule has 1 saturated heterocycles. The largest absolute Gasteiger partial charge is 0.327 e. The summed E-state index contributed by atoms with van der Waals surface area (Å²) in [6.45, 7) is 2.53. The summed E-state index contributed by atoms with van der Waals surface area (Å²) < 4.78 is 0. The summed E-state index contributed by atoms with van der Waals surface area (Å²) in [6.07, 6.45) is 6.83. The van der Waals surface area contributed by atoms with Crippen LogP contribution in [0.5, 0.6) is 0 Å². The van der Waals surface area contributed by atoms with Gasteiger partial charge in [-0.1, -0.05) is 0 Å². The summed E-state index contributed by atoms with van der Waals surface area (Å²) in [5, 5.41) is 0. The molecule has 1 saturated carbocycles. The van der Waals surface area contributed by atoms with Crippen molar-refractivity contribution < 1.29 is 0 Å². The van der Waals surface area contributed by atoms with Gasteiger partial charge in [0, 0.05) is 6.04 Å². The van der Waals surface area contributed by atoms with Crippen LogP contribution in [0.3, 0.4) is 0 Å². The first kappa shape index (κ1) is 9.47. The number of nitrogens with two attached hydrogens (primary N) is 1. The van der Waals surface area contributed by atoms with Gasteiger partial charge in [-0.3, -0.25) is 0 Å². The van der Waals surface area contributed by atoms with Crippen LogP contribution in [-0.4, -0.2) is 31.1 Å². The summed E-state index contributed by atoms with van der Waals surface area (Å²) in [4.78, 5) is 2.44. The molecule has 0 amide bonds. The number of likely N-dealkylation sites (tertiary alicyclic amines) is 1. The van der Waals surface area contributed by atoms with Crippen LogP contribution in [0.25, 0.3) is 0 Å². The highest BCUT2D eigenvalue weighted by atomic mass is 15.1. The predicted octanol–water partition coefficient (Wildman–Crippen LogP) is 1.46. The van der Waals surface area contributed by atoms with Crippen molar-refractivity contribution in [1.82, 2.24) is 4.90 Å². The van der Waals surface area contributed by atoms with E-state index in [0.717, 1.165) is 11.8 Å². The highest BCUT2D eigenvalue weighted by Crippen LogP contribution is 2.37. The fourth-order valence-electron chi connectivity index (χ4n) is 2.52. The zero-order valence-electron chi connectivity index (χ0n) is 8.71. The maximum atomic E-state index is 6.25. The molecule has 13 heavy (non-hydrogen) atoms. The third kappa shape index (κ3) is 2.44. The highest BCUT2D eigenvalue weighted by Gasteiger charge is 2.34. The van der Waals surface area contributed by atoms with Crippen molar-refractivity contribution in [3.8, 4) is 0 Å². The van der Waals surface area contributed by atoms with Gasteiger partial charge in [0.25, 0.3) is 0 Å². The molecule has 2 atom stereocenters. The van der Waals surface area contributed by atoms with Gasteiger partial charge in [-0.25, -0.2) is 0 Å². The summed E-state index contributed by atoms with van der Waals surface area (Å²) in [7, 11) is 2.23. The molecule has 0 spiro atoms.